The maximum atomic E-state index is 5.32. The van der Waals surface area contributed by atoms with Crippen LogP contribution in [0, 0.1) is 0 Å². The molecule has 0 fully saturated rings. The van der Waals surface area contributed by atoms with Crippen molar-refractivity contribution in [1.82, 2.24) is 19.1 Å². The highest BCUT2D eigenvalue weighted by Gasteiger charge is 2.18. The fourth-order valence-electron chi connectivity index (χ4n) is 7.37. The summed E-state index contributed by atoms with van der Waals surface area (Å²) in [5.74, 6) is 0.717. The summed E-state index contributed by atoms with van der Waals surface area (Å²) in [5, 5.41) is 5.84. The molecule has 10 aromatic rings. The molecule has 0 atom stereocenters. The van der Waals surface area contributed by atoms with Crippen molar-refractivity contribution in [3.8, 4) is 34.0 Å². The van der Waals surface area contributed by atoms with Crippen molar-refractivity contribution in [1.29, 1.82) is 0 Å². The monoisotopic (exact) mass is 612 g/mol. The maximum Gasteiger partial charge on any atom is 0.160 e. The van der Waals surface area contributed by atoms with E-state index in [1.54, 1.807) is 0 Å². The normalized spacial score (nSPS) is 11.8. The molecule has 0 saturated carbocycles. The molecule has 0 amide bonds. The van der Waals surface area contributed by atoms with Crippen LogP contribution in [-0.4, -0.2) is 19.1 Å². The summed E-state index contributed by atoms with van der Waals surface area (Å²) in [4.78, 5) is 10.4. The molecule has 3 aromatic heterocycles. The van der Waals surface area contributed by atoms with Crippen LogP contribution in [0.2, 0.25) is 0 Å². The van der Waals surface area contributed by atoms with Crippen LogP contribution >= 0.6 is 0 Å². The average Bonchev–Trinajstić information content (AvgIpc) is 3.67. The third-order valence-electron chi connectivity index (χ3n) is 9.51. The van der Waals surface area contributed by atoms with E-state index in [2.05, 4.69) is 179 Å². The first-order valence-corrected chi connectivity index (χ1v) is 16.3. The first-order chi connectivity index (χ1) is 23.8. The molecule has 0 spiro atoms. The molecule has 7 aromatic carbocycles. The van der Waals surface area contributed by atoms with E-state index < -0.39 is 0 Å². The van der Waals surface area contributed by atoms with Gasteiger partial charge in [-0.3, -0.25) is 0 Å². The standard InChI is InChI=1S/C44H28N4/c1-3-13-31(14-4-1)47-39-21-11-8-17-33(39)36-27-29(23-25-41(36)47)43-35-19-7-10-20-38(35)45-44(46-43)30-24-26-42-37(28-30)34-18-9-12-22-40(34)48(42)32-15-5-2-6-16-32/h1-28H. The Morgan fingerprint density at radius 1 is 0.333 bits per heavy atom. The molecule has 3 heterocycles. The van der Waals surface area contributed by atoms with Crippen LogP contribution in [0.5, 0.6) is 0 Å². The first kappa shape index (κ1) is 26.7. The summed E-state index contributed by atoms with van der Waals surface area (Å²) < 4.78 is 4.68. The van der Waals surface area contributed by atoms with Crippen molar-refractivity contribution < 1.29 is 0 Å². The van der Waals surface area contributed by atoms with E-state index in [9.17, 15) is 0 Å². The molecule has 4 nitrogen and oxygen atoms in total. The van der Waals surface area contributed by atoms with E-state index in [4.69, 9.17) is 9.97 Å². The minimum Gasteiger partial charge on any atom is -0.309 e. The highest BCUT2D eigenvalue weighted by atomic mass is 15.0. The second-order valence-corrected chi connectivity index (χ2v) is 12.3. The molecule has 0 aliphatic carbocycles. The Morgan fingerprint density at radius 2 is 0.792 bits per heavy atom. The van der Waals surface area contributed by atoms with Crippen molar-refractivity contribution in [2.45, 2.75) is 0 Å². The number of hydrogen-bond acceptors (Lipinski definition) is 2. The summed E-state index contributed by atoms with van der Waals surface area (Å²) in [7, 11) is 0. The van der Waals surface area contributed by atoms with Crippen LogP contribution in [0.3, 0.4) is 0 Å². The Hall–Kier alpha value is -6.52. The molecule has 0 radical (unpaired) electrons. The molecule has 0 saturated heterocycles. The number of benzene rings is 7. The molecule has 0 aliphatic heterocycles. The lowest BCUT2D eigenvalue weighted by Gasteiger charge is -2.11. The van der Waals surface area contributed by atoms with Gasteiger partial charge in [-0.25, -0.2) is 9.97 Å². The SMILES string of the molecule is c1ccc(-n2c3ccccc3c3cc(-c4nc(-c5ccc6c(c5)c5ccccc5n6-c5ccccc5)c5ccccc5n4)ccc32)cc1. The largest absolute Gasteiger partial charge is 0.309 e. The summed E-state index contributed by atoms with van der Waals surface area (Å²) in [6.45, 7) is 0. The lowest BCUT2D eigenvalue weighted by Crippen LogP contribution is -1.96. The lowest BCUT2D eigenvalue weighted by molar-refractivity contribution is 1.18. The number of para-hydroxylation sites is 5. The van der Waals surface area contributed by atoms with Gasteiger partial charge in [0.25, 0.3) is 0 Å². The van der Waals surface area contributed by atoms with Gasteiger partial charge in [0.1, 0.15) is 0 Å². The molecule has 4 heteroatoms. The Morgan fingerprint density at radius 3 is 1.40 bits per heavy atom. The van der Waals surface area contributed by atoms with E-state index in [-0.39, 0.29) is 0 Å². The zero-order valence-electron chi connectivity index (χ0n) is 26.0. The number of hydrogen-bond donors (Lipinski definition) is 0. The second-order valence-electron chi connectivity index (χ2n) is 12.3. The molecular formula is C44H28N4. The minimum atomic E-state index is 0.717. The van der Waals surface area contributed by atoms with Gasteiger partial charge in [-0.2, -0.15) is 0 Å². The maximum absolute atomic E-state index is 5.32. The molecule has 0 bridgehead atoms. The van der Waals surface area contributed by atoms with E-state index in [1.165, 1.54) is 38.1 Å². The number of nitrogens with zero attached hydrogens (tertiary/aromatic N) is 4. The minimum absolute atomic E-state index is 0.717. The molecular weight excluding hydrogens is 585 g/mol. The average molecular weight is 613 g/mol. The third-order valence-corrected chi connectivity index (χ3v) is 9.51. The Bertz CT molecular complexity index is 2830. The highest BCUT2D eigenvalue weighted by molar-refractivity contribution is 6.12. The molecule has 0 aliphatic rings. The fraction of sp³-hybridized carbons (Fsp3) is 0. The Balaban J connectivity index is 1.19. The molecule has 224 valence electrons. The smallest absolute Gasteiger partial charge is 0.160 e. The molecule has 48 heavy (non-hydrogen) atoms. The van der Waals surface area contributed by atoms with Gasteiger partial charge in [0, 0.05) is 49.4 Å². The van der Waals surface area contributed by atoms with Crippen LogP contribution < -0.4 is 0 Å². The predicted octanol–water partition coefficient (Wildman–Crippen LogP) is 11.2. The van der Waals surface area contributed by atoms with Crippen LogP contribution in [0.15, 0.2) is 170 Å². The van der Waals surface area contributed by atoms with E-state index in [1.807, 2.05) is 0 Å². The van der Waals surface area contributed by atoms with Crippen LogP contribution in [0.1, 0.15) is 0 Å². The van der Waals surface area contributed by atoms with Crippen molar-refractivity contribution in [2.75, 3.05) is 0 Å². The summed E-state index contributed by atoms with van der Waals surface area (Å²) >= 11 is 0. The topological polar surface area (TPSA) is 35.6 Å². The van der Waals surface area contributed by atoms with Gasteiger partial charge in [0.05, 0.1) is 33.3 Å². The van der Waals surface area contributed by atoms with Gasteiger partial charge in [-0.15, -0.1) is 0 Å². The van der Waals surface area contributed by atoms with Crippen molar-refractivity contribution >= 4 is 54.5 Å². The van der Waals surface area contributed by atoms with Gasteiger partial charge in [-0.1, -0.05) is 97.1 Å². The molecule has 0 unspecified atom stereocenters. The molecule has 0 N–H and O–H groups in total. The highest BCUT2D eigenvalue weighted by Crippen LogP contribution is 2.38. The van der Waals surface area contributed by atoms with Crippen molar-refractivity contribution in [2.24, 2.45) is 0 Å². The van der Waals surface area contributed by atoms with Gasteiger partial charge in [0.2, 0.25) is 0 Å². The van der Waals surface area contributed by atoms with Crippen LogP contribution in [0.4, 0.5) is 0 Å². The van der Waals surface area contributed by atoms with Crippen molar-refractivity contribution in [3.63, 3.8) is 0 Å². The lowest BCUT2D eigenvalue weighted by atomic mass is 10.0. The predicted molar refractivity (Wildman–Crippen MR) is 199 cm³/mol. The van der Waals surface area contributed by atoms with Gasteiger partial charge in [-0.05, 0) is 72.8 Å². The van der Waals surface area contributed by atoms with Gasteiger partial charge >= 0.3 is 0 Å². The van der Waals surface area contributed by atoms with Crippen molar-refractivity contribution in [3.05, 3.63) is 170 Å². The second kappa shape index (κ2) is 10.5. The Labute approximate surface area is 276 Å². The fourth-order valence-corrected chi connectivity index (χ4v) is 7.37. The van der Waals surface area contributed by atoms with Gasteiger partial charge < -0.3 is 9.13 Å². The third kappa shape index (κ3) is 4.03. The number of fused-ring (bicyclic) bond motifs is 7. The molecule has 10 rings (SSSR count). The van der Waals surface area contributed by atoms with Gasteiger partial charge in [0.15, 0.2) is 5.82 Å². The summed E-state index contributed by atoms with van der Waals surface area (Å²) in [6, 6.07) is 60.1. The van der Waals surface area contributed by atoms with Crippen LogP contribution in [-0.2, 0) is 0 Å². The number of rotatable bonds is 4. The van der Waals surface area contributed by atoms with E-state index in [0.717, 1.165) is 44.6 Å². The number of aromatic nitrogens is 4. The first-order valence-electron chi connectivity index (χ1n) is 16.3. The van der Waals surface area contributed by atoms with Crippen LogP contribution in [0.25, 0.3) is 88.5 Å². The zero-order chi connectivity index (χ0) is 31.6. The zero-order valence-corrected chi connectivity index (χ0v) is 26.0. The summed E-state index contributed by atoms with van der Waals surface area (Å²) in [6.07, 6.45) is 0. The Kier molecular flexibility index (Phi) is 5.84. The van der Waals surface area contributed by atoms with E-state index in [0.29, 0.717) is 5.82 Å². The summed E-state index contributed by atoms with van der Waals surface area (Å²) in [5.41, 5.74) is 10.9. The quantitative estimate of drug-likeness (QED) is 0.198. The van der Waals surface area contributed by atoms with E-state index >= 15 is 0 Å².